The minimum absolute atomic E-state index is 0.134. The lowest BCUT2D eigenvalue weighted by molar-refractivity contribution is 0.132. The van der Waals surface area contributed by atoms with Crippen LogP contribution in [0.3, 0.4) is 0 Å². The summed E-state index contributed by atoms with van der Waals surface area (Å²) in [6.07, 6.45) is 0.589. The summed E-state index contributed by atoms with van der Waals surface area (Å²) in [7, 11) is 0. The van der Waals surface area contributed by atoms with Gasteiger partial charge in [-0.2, -0.15) is 0 Å². The topological polar surface area (TPSA) is 101 Å². The van der Waals surface area contributed by atoms with E-state index in [4.69, 9.17) is 20.3 Å². The third-order valence-corrected chi connectivity index (χ3v) is 2.62. The largest absolute Gasteiger partial charge is 0.423 e. The number of fused-ring (bicyclic) bond motifs is 1. The van der Waals surface area contributed by atoms with E-state index < -0.39 is 0 Å². The molecule has 100 valence electrons. The highest BCUT2D eigenvalue weighted by Gasteiger charge is 2.04. The van der Waals surface area contributed by atoms with Crippen molar-refractivity contribution >= 4 is 16.9 Å². The molecule has 0 aliphatic rings. The van der Waals surface area contributed by atoms with Crippen LogP contribution in [0, 0.1) is 5.41 Å². The second-order valence-corrected chi connectivity index (χ2v) is 3.98. The molecule has 0 radical (unpaired) electrons. The number of hydrogen-bond donors (Lipinski definition) is 3. The van der Waals surface area contributed by atoms with E-state index in [0.29, 0.717) is 18.6 Å². The summed E-state index contributed by atoms with van der Waals surface area (Å²) in [4.78, 5) is 11.4. The molecule has 0 unspecified atom stereocenters. The fourth-order valence-electron chi connectivity index (χ4n) is 1.77. The number of guanidine groups is 1. The number of nitrogens with one attached hydrogen (secondary N) is 2. The number of hydrogen-bond acceptors (Lipinski definition) is 4. The molecule has 0 fully saturated rings. The van der Waals surface area contributed by atoms with Crippen LogP contribution < -0.4 is 16.7 Å². The number of benzene rings is 1. The Bertz CT molecular complexity index is 636. The van der Waals surface area contributed by atoms with Crippen LogP contribution in [0.1, 0.15) is 5.56 Å². The molecule has 6 nitrogen and oxygen atoms in total. The Kier molecular flexibility index (Phi) is 4.15. The lowest BCUT2D eigenvalue weighted by Gasteiger charge is -2.07. The van der Waals surface area contributed by atoms with Crippen molar-refractivity contribution in [1.29, 1.82) is 5.41 Å². The molecule has 0 saturated carbocycles. The minimum atomic E-state index is -0.365. The first kappa shape index (κ1) is 13.1. The summed E-state index contributed by atoms with van der Waals surface area (Å²) in [5, 5.41) is 10.4. The molecule has 1 heterocycles. The van der Waals surface area contributed by atoms with E-state index in [1.807, 2.05) is 18.2 Å². The predicted octanol–water partition coefficient (Wildman–Crippen LogP) is 0.793. The van der Waals surface area contributed by atoms with Crippen LogP contribution in [0.5, 0.6) is 0 Å². The van der Waals surface area contributed by atoms with Crippen LogP contribution in [-0.2, 0) is 11.2 Å². The summed E-state index contributed by atoms with van der Waals surface area (Å²) in [6.45, 7) is 0.600. The van der Waals surface area contributed by atoms with Crippen LogP contribution in [0.15, 0.2) is 39.5 Å². The van der Waals surface area contributed by atoms with Gasteiger partial charge < -0.3 is 20.2 Å². The van der Waals surface area contributed by atoms with Crippen LogP contribution in [-0.4, -0.2) is 19.3 Å². The van der Waals surface area contributed by atoms with Gasteiger partial charge in [-0.1, -0.05) is 18.2 Å². The van der Waals surface area contributed by atoms with E-state index in [0.717, 1.165) is 10.9 Å². The molecule has 0 bridgehead atoms. The second kappa shape index (κ2) is 6.01. The van der Waals surface area contributed by atoms with Crippen molar-refractivity contribution in [2.75, 3.05) is 13.3 Å². The summed E-state index contributed by atoms with van der Waals surface area (Å²) in [6, 6.07) is 8.86. The molecule has 4 N–H and O–H groups in total. The minimum Gasteiger partial charge on any atom is -0.423 e. The Balaban J connectivity index is 2.04. The van der Waals surface area contributed by atoms with Gasteiger partial charge >= 0.3 is 5.63 Å². The van der Waals surface area contributed by atoms with Gasteiger partial charge in [0.05, 0.1) is 6.61 Å². The molecule has 2 aromatic rings. The maximum absolute atomic E-state index is 11.4. The molecule has 19 heavy (non-hydrogen) atoms. The van der Waals surface area contributed by atoms with Gasteiger partial charge in [0.1, 0.15) is 12.3 Å². The molecule has 6 heteroatoms. The molecule has 0 amide bonds. The number of nitrogens with two attached hydrogens (primary N) is 1. The van der Waals surface area contributed by atoms with Gasteiger partial charge in [0.15, 0.2) is 5.96 Å². The monoisotopic (exact) mass is 261 g/mol. The van der Waals surface area contributed by atoms with Crippen molar-refractivity contribution in [3.05, 3.63) is 46.3 Å². The Labute approximate surface area is 109 Å². The predicted molar refractivity (Wildman–Crippen MR) is 72.1 cm³/mol. The van der Waals surface area contributed by atoms with Crippen LogP contribution >= 0.6 is 0 Å². The lowest BCUT2D eigenvalue weighted by Crippen LogP contribution is -2.32. The highest BCUT2D eigenvalue weighted by atomic mass is 16.5. The average Bonchev–Trinajstić information content (AvgIpc) is 2.37. The standard InChI is InChI=1S/C13H15N3O3/c14-13(15)16-8-18-6-5-9-7-12(17)19-11-4-2-1-3-10(9)11/h1-4,7H,5-6,8H2,(H4,14,15,16). The van der Waals surface area contributed by atoms with Crippen molar-refractivity contribution in [2.24, 2.45) is 5.73 Å². The summed E-state index contributed by atoms with van der Waals surface area (Å²) in [5.41, 5.74) is 6.21. The molecule has 0 aliphatic carbocycles. The average molecular weight is 261 g/mol. The molecular formula is C13H15N3O3. The fourth-order valence-corrected chi connectivity index (χ4v) is 1.77. The van der Waals surface area contributed by atoms with Crippen LogP contribution in [0.2, 0.25) is 0 Å². The smallest absolute Gasteiger partial charge is 0.336 e. The summed E-state index contributed by atoms with van der Waals surface area (Å²) in [5.74, 6) is -0.134. The molecule has 2 rings (SSSR count). The molecule has 0 saturated heterocycles. The molecule has 1 aromatic heterocycles. The Hall–Kier alpha value is -2.34. The van der Waals surface area contributed by atoms with Gasteiger partial charge in [-0.15, -0.1) is 0 Å². The van der Waals surface area contributed by atoms with Gasteiger partial charge in [-0.25, -0.2) is 4.79 Å². The van der Waals surface area contributed by atoms with Crippen molar-refractivity contribution in [3.63, 3.8) is 0 Å². The van der Waals surface area contributed by atoms with E-state index in [9.17, 15) is 4.79 Å². The highest BCUT2D eigenvalue weighted by molar-refractivity contribution is 5.80. The van der Waals surface area contributed by atoms with E-state index in [1.54, 1.807) is 6.07 Å². The van der Waals surface area contributed by atoms with E-state index in [2.05, 4.69) is 5.32 Å². The maximum atomic E-state index is 11.4. The molecule has 0 atom stereocenters. The zero-order valence-corrected chi connectivity index (χ0v) is 10.3. The molecule has 0 spiro atoms. The zero-order valence-electron chi connectivity index (χ0n) is 10.3. The van der Waals surface area contributed by atoms with Gasteiger partial charge in [0, 0.05) is 11.5 Å². The van der Waals surface area contributed by atoms with Crippen LogP contribution in [0.4, 0.5) is 0 Å². The van der Waals surface area contributed by atoms with Gasteiger partial charge in [0.2, 0.25) is 0 Å². The number of para-hydroxylation sites is 1. The molecule has 0 aliphatic heterocycles. The van der Waals surface area contributed by atoms with Crippen LogP contribution in [0.25, 0.3) is 11.0 Å². The summed E-state index contributed by atoms with van der Waals surface area (Å²) < 4.78 is 10.4. The zero-order chi connectivity index (χ0) is 13.7. The van der Waals surface area contributed by atoms with Crippen molar-refractivity contribution in [1.82, 2.24) is 5.32 Å². The molecular weight excluding hydrogens is 246 g/mol. The molecule has 1 aromatic carbocycles. The lowest BCUT2D eigenvalue weighted by atomic mass is 10.1. The van der Waals surface area contributed by atoms with Gasteiger partial charge in [-0.05, 0) is 18.1 Å². The first-order chi connectivity index (χ1) is 9.16. The van der Waals surface area contributed by atoms with Crippen molar-refractivity contribution in [3.8, 4) is 0 Å². The second-order valence-electron chi connectivity index (χ2n) is 3.98. The van der Waals surface area contributed by atoms with E-state index in [1.165, 1.54) is 6.07 Å². The quantitative estimate of drug-likeness (QED) is 0.243. The first-order valence-corrected chi connectivity index (χ1v) is 5.84. The van der Waals surface area contributed by atoms with E-state index >= 15 is 0 Å². The summed E-state index contributed by atoms with van der Waals surface area (Å²) >= 11 is 0. The van der Waals surface area contributed by atoms with Crippen molar-refractivity contribution in [2.45, 2.75) is 6.42 Å². The van der Waals surface area contributed by atoms with Gasteiger partial charge in [0.25, 0.3) is 0 Å². The normalized spacial score (nSPS) is 10.5. The Morgan fingerprint density at radius 1 is 1.42 bits per heavy atom. The Morgan fingerprint density at radius 2 is 2.21 bits per heavy atom. The third kappa shape index (κ3) is 3.56. The number of ether oxygens (including phenoxy) is 1. The van der Waals surface area contributed by atoms with Gasteiger partial charge in [-0.3, -0.25) is 5.41 Å². The van der Waals surface area contributed by atoms with E-state index in [-0.39, 0.29) is 18.3 Å². The fraction of sp³-hybridized carbons (Fsp3) is 0.231. The highest BCUT2D eigenvalue weighted by Crippen LogP contribution is 2.16. The number of rotatable bonds is 5. The van der Waals surface area contributed by atoms with Crippen molar-refractivity contribution < 1.29 is 9.15 Å². The third-order valence-electron chi connectivity index (χ3n) is 2.62. The maximum Gasteiger partial charge on any atom is 0.336 e. The Morgan fingerprint density at radius 3 is 3.00 bits per heavy atom. The SMILES string of the molecule is N=C(N)NCOCCc1cc(=O)oc2ccccc12. The first-order valence-electron chi connectivity index (χ1n) is 5.84.